The molecule has 0 spiro atoms. The summed E-state index contributed by atoms with van der Waals surface area (Å²) in [7, 11) is 0. The van der Waals surface area contributed by atoms with E-state index in [1.807, 2.05) is 42.5 Å². The van der Waals surface area contributed by atoms with E-state index in [1.165, 1.54) is 10.6 Å². The summed E-state index contributed by atoms with van der Waals surface area (Å²) in [5, 5.41) is 0. The highest BCUT2D eigenvalue weighted by atomic mass is 32.2. The fraction of sp³-hybridized carbons (Fsp3) is 0.0625. The summed E-state index contributed by atoms with van der Waals surface area (Å²) in [6.45, 7) is 0. The second-order valence-electron chi connectivity index (χ2n) is 4.71. The van der Waals surface area contributed by atoms with Crippen molar-refractivity contribution in [1.29, 1.82) is 0 Å². The van der Waals surface area contributed by atoms with Crippen molar-refractivity contribution < 1.29 is 4.79 Å². The van der Waals surface area contributed by atoms with Crippen LogP contribution >= 0.6 is 11.8 Å². The molecule has 2 aromatic rings. The Kier molecular flexibility index (Phi) is 2.57. The number of rotatable bonds is 2. The predicted molar refractivity (Wildman–Crippen MR) is 80.9 cm³/mol. The Morgan fingerprint density at radius 3 is 2.55 bits per heavy atom. The average Bonchev–Trinajstić information content (AvgIpc) is 3.03. The van der Waals surface area contributed by atoms with E-state index in [0.29, 0.717) is 0 Å². The minimum absolute atomic E-state index is 0.0000983. The van der Waals surface area contributed by atoms with E-state index in [0.717, 1.165) is 17.7 Å². The second-order valence-corrected chi connectivity index (χ2v) is 5.81. The van der Waals surface area contributed by atoms with E-state index in [-0.39, 0.29) is 5.50 Å². The Hall–Kier alpha value is -2.20. The lowest BCUT2D eigenvalue weighted by molar-refractivity contribution is -0.115. The molecule has 3 nitrogen and oxygen atoms in total. The highest BCUT2D eigenvalue weighted by molar-refractivity contribution is 8.00. The Morgan fingerprint density at radius 2 is 1.75 bits per heavy atom. The first-order chi connectivity index (χ1) is 9.88. The number of nitrogens with zero attached hydrogens (tertiary/aromatic N) is 2. The van der Waals surface area contributed by atoms with Gasteiger partial charge in [0.1, 0.15) is 0 Å². The van der Waals surface area contributed by atoms with Gasteiger partial charge in [-0.25, -0.2) is 0 Å². The van der Waals surface area contributed by atoms with Gasteiger partial charge in [0.05, 0.1) is 11.4 Å². The highest BCUT2D eigenvalue weighted by Crippen LogP contribution is 2.49. The van der Waals surface area contributed by atoms with Gasteiger partial charge >= 0.3 is 0 Å². The number of fused-ring (bicyclic) bond motifs is 3. The lowest BCUT2D eigenvalue weighted by Crippen LogP contribution is -2.32. The van der Waals surface area contributed by atoms with Gasteiger partial charge in [-0.3, -0.25) is 9.69 Å². The molecule has 20 heavy (non-hydrogen) atoms. The molecule has 2 aromatic carbocycles. The maximum atomic E-state index is 11.5. The standard InChI is InChI=1S/C16H12N2OS/c19-11-18-14(12-6-2-1-3-7-12)10-17-13-8-4-5-9-15(13)20-16(17)18/h1-11,16H. The molecule has 0 aliphatic carbocycles. The van der Waals surface area contributed by atoms with Gasteiger partial charge in [0.15, 0.2) is 5.50 Å². The topological polar surface area (TPSA) is 23.6 Å². The fourth-order valence-electron chi connectivity index (χ4n) is 2.64. The summed E-state index contributed by atoms with van der Waals surface area (Å²) in [6, 6.07) is 18.3. The van der Waals surface area contributed by atoms with Crippen molar-refractivity contribution in [3.63, 3.8) is 0 Å². The zero-order valence-corrected chi connectivity index (χ0v) is 11.5. The lowest BCUT2D eigenvalue weighted by Gasteiger charge is -2.23. The first kappa shape index (κ1) is 11.6. The minimum Gasteiger partial charge on any atom is -0.314 e. The first-order valence-corrected chi connectivity index (χ1v) is 7.31. The molecule has 4 rings (SSSR count). The number of carbonyl (C=O) groups excluding carboxylic acids is 1. The quantitative estimate of drug-likeness (QED) is 0.788. The van der Waals surface area contributed by atoms with E-state index in [4.69, 9.17) is 0 Å². The van der Waals surface area contributed by atoms with Crippen LogP contribution in [0.5, 0.6) is 0 Å². The zero-order chi connectivity index (χ0) is 13.5. The molecule has 1 unspecified atom stereocenters. The molecule has 2 heterocycles. The maximum Gasteiger partial charge on any atom is 0.216 e. The molecule has 4 heteroatoms. The number of benzene rings is 2. The van der Waals surface area contributed by atoms with Gasteiger partial charge in [0.2, 0.25) is 6.41 Å². The second kappa shape index (κ2) is 4.42. The average molecular weight is 280 g/mol. The van der Waals surface area contributed by atoms with E-state index in [1.54, 1.807) is 16.7 Å². The molecule has 2 aliphatic heterocycles. The molecular weight excluding hydrogens is 268 g/mol. The molecule has 0 fully saturated rings. The Labute approximate surface area is 121 Å². The van der Waals surface area contributed by atoms with Gasteiger partial charge in [-0.15, -0.1) is 0 Å². The number of hydrogen-bond acceptors (Lipinski definition) is 3. The van der Waals surface area contributed by atoms with Crippen LogP contribution in [0.4, 0.5) is 5.69 Å². The van der Waals surface area contributed by atoms with Crippen molar-refractivity contribution in [3.05, 3.63) is 66.4 Å². The number of thioether (sulfide) groups is 1. The molecular formula is C16H12N2OS. The Bertz CT molecular complexity index is 699. The lowest BCUT2D eigenvalue weighted by atomic mass is 10.1. The van der Waals surface area contributed by atoms with Crippen LogP contribution in [0.3, 0.4) is 0 Å². The first-order valence-electron chi connectivity index (χ1n) is 6.43. The van der Waals surface area contributed by atoms with Gasteiger partial charge in [-0.2, -0.15) is 0 Å². The SMILES string of the molecule is O=CN1C(c2ccccc2)=CN2c3ccccc3SC12. The summed E-state index contributed by atoms with van der Waals surface area (Å²) in [6.07, 6.45) is 2.98. The monoisotopic (exact) mass is 280 g/mol. The number of carbonyl (C=O) groups is 1. The predicted octanol–water partition coefficient (Wildman–Crippen LogP) is 3.35. The molecule has 1 atom stereocenters. The molecule has 0 bridgehead atoms. The van der Waals surface area contributed by atoms with Gasteiger partial charge in [0.25, 0.3) is 0 Å². The Balaban J connectivity index is 1.81. The third-order valence-corrected chi connectivity index (χ3v) is 4.84. The molecule has 0 saturated carbocycles. The third-order valence-electron chi connectivity index (χ3n) is 3.57. The van der Waals surface area contributed by atoms with Crippen LogP contribution in [0, 0.1) is 0 Å². The molecule has 98 valence electrons. The van der Waals surface area contributed by atoms with Crippen molar-refractivity contribution in [1.82, 2.24) is 4.90 Å². The molecule has 2 aliphatic rings. The molecule has 0 radical (unpaired) electrons. The molecule has 0 aromatic heterocycles. The smallest absolute Gasteiger partial charge is 0.216 e. The maximum absolute atomic E-state index is 11.5. The molecule has 0 N–H and O–H groups in total. The summed E-state index contributed by atoms with van der Waals surface area (Å²) in [5.41, 5.74) is 3.18. The van der Waals surface area contributed by atoms with Crippen LogP contribution in [0.2, 0.25) is 0 Å². The van der Waals surface area contributed by atoms with Crippen LogP contribution in [-0.2, 0) is 4.79 Å². The number of anilines is 1. The van der Waals surface area contributed by atoms with Gasteiger partial charge in [0, 0.05) is 11.1 Å². The van der Waals surface area contributed by atoms with Crippen molar-refractivity contribution >= 4 is 29.6 Å². The third kappa shape index (κ3) is 1.58. The van der Waals surface area contributed by atoms with Crippen molar-refractivity contribution in [2.45, 2.75) is 10.4 Å². The van der Waals surface area contributed by atoms with Crippen LogP contribution in [0.25, 0.3) is 5.70 Å². The number of hydrogen-bond donors (Lipinski definition) is 0. The molecule has 0 saturated heterocycles. The van der Waals surface area contributed by atoms with E-state index in [2.05, 4.69) is 23.2 Å². The fourth-order valence-corrected chi connectivity index (χ4v) is 3.89. The number of amides is 1. The zero-order valence-electron chi connectivity index (χ0n) is 10.6. The summed E-state index contributed by atoms with van der Waals surface area (Å²) >= 11 is 1.71. The van der Waals surface area contributed by atoms with Gasteiger partial charge in [-0.1, -0.05) is 54.2 Å². The summed E-state index contributed by atoms with van der Waals surface area (Å²) in [4.78, 5) is 16.7. The van der Waals surface area contributed by atoms with Crippen LogP contribution < -0.4 is 4.90 Å². The van der Waals surface area contributed by atoms with Gasteiger partial charge in [-0.05, 0) is 17.7 Å². The van der Waals surface area contributed by atoms with Crippen molar-refractivity contribution in [3.8, 4) is 0 Å². The van der Waals surface area contributed by atoms with E-state index < -0.39 is 0 Å². The van der Waals surface area contributed by atoms with Crippen molar-refractivity contribution in [2.75, 3.05) is 4.90 Å². The summed E-state index contributed by atoms with van der Waals surface area (Å²) in [5.74, 6) is 0. The number of para-hydroxylation sites is 1. The van der Waals surface area contributed by atoms with E-state index in [9.17, 15) is 4.79 Å². The Morgan fingerprint density at radius 1 is 1.00 bits per heavy atom. The van der Waals surface area contributed by atoms with Crippen LogP contribution in [0.1, 0.15) is 5.56 Å². The van der Waals surface area contributed by atoms with Gasteiger partial charge < -0.3 is 4.90 Å². The highest BCUT2D eigenvalue weighted by Gasteiger charge is 2.39. The van der Waals surface area contributed by atoms with E-state index >= 15 is 0 Å². The minimum atomic E-state index is 0.0000983. The normalized spacial score (nSPS) is 19.6. The van der Waals surface area contributed by atoms with Crippen LogP contribution in [-0.4, -0.2) is 16.8 Å². The molecule has 1 amide bonds. The summed E-state index contributed by atoms with van der Waals surface area (Å²) < 4.78 is 0. The van der Waals surface area contributed by atoms with Crippen LogP contribution in [0.15, 0.2) is 65.7 Å². The van der Waals surface area contributed by atoms with Crippen molar-refractivity contribution in [2.24, 2.45) is 0 Å². The largest absolute Gasteiger partial charge is 0.314 e.